The predicted octanol–water partition coefficient (Wildman–Crippen LogP) is 4.33. The fourth-order valence-corrected chi connectivity index (χ4v) is 4.91. The first-order valence-electron chi connectivity index (χ1n) is 8.34. The summed E-state index contributed by atoms with van der Waals surface area (Å²) in [7, 11) is 0. The summed E-state index contributed by atoms with van der Waals surface area (Å²) in [6.07, 6.45) is 2.89. The van der Waals surface area contributed by atoms with Gasteiger partial charge in [-0.25, -0.2) is 8.78 Å². The van der Waals surface area contributed by atoms with E-state index in [9.17, 15) is 13.6 Å². The molecule has 0 N–H and O–H groups in total. The van der Waals surface area contributed by atoms with Crippen LogP contribution in [0.1, 0.15) is 43.9 Å². The van der Waals surface area contributed by atoms with Gasteiger partial charge in [0.05, 0.1) is 22.4 Å². The van der Waals surface area contributed by atoms with Crippen LogP contribution in [0.15, 0.2) is 36.9 Å². The Kier molecular flexibility index (Phi) is 3.24. The largest absolute Gasteiger partial charge is 0.294 e. The molecule has 1 saturated carbocycles. The molecule has 128 valence electrons. The average Bonchev–Trinajstić information content (AvgIpc) is 2.96. The van der Waals surface area contributed by atoms with E-state index in [1.54, 1.807) is 6.07 Å². The number of fused-ring (bicyclic) bond motifs is 5. The van der Waals surface area contributed by atoms with Gasteiger partial charge in [0.15, 0.2) is 5.78 Å². The Bertz CT molecular complexity index is 902. The maximum absolute atomic E-state index is 14.1. The molecule has 25 heavy (non-hydrogen) atoms. The van der Waals surface area contributed by atoms with Crippen molar-refractivity contribution in [3.8, 4) is 11.3 Å². The topological polar surface area (TPSA) is 42.9 Å². The lowest BCUT2D eigenvalue weighted by molar-refractivity contribution is -0.122. The molecule has 3 nitrogen and oxygen atoms in total. The summed E-state index contributed by atoms with van der Waals surface area (Å²) in [5, 5.41) is 8.36. The summed E-state index contributed by atoms with van der Waals surface area (Å²) >= 11 is 0. The SMILES string of the molecule is C=CC(=O)[C@@]12CC[C@@H](c3cc(-c4c(F)cccc4F)nnc31)C2(C)C. The zero-order valence-corrected chi connectivity index (χ0v) is 14.1. The highest BCUT2D eigenvalue weighted by molar-refractivity contribution is 6.01. The Hall–Kier alpha value is -2.43. The average molecular weight is 340 g/mol. The summed E-state index contributed by atoms with van der Waals surface area (Å²) in [5.74, 6) is -1.30. The molecule has 4 rings (SSSR count). The minimum atomic E-state index is -0.742. The second-order valence-corrected chi connectivity index (χ2v) is 7.42. The van der Waals surface area contributed by atoms with Crippen molar-refractivity contribution < 1.29 is 13.6 Å². The summed E-state index contributed by atoms with van der Waals surface area (Å²) in [6, 6.07) is 5.42. The molecule has 2 aliphatic rings. The third-order valence-corrected chi connectivity index (χ3v) is 6.21. The normalized spacial score (nSPS) is 25.7. The predicted molar refractivity (Wildman–Crippen MR) is 90.0 cm³/mol. The highest BCUT2D eigenvalue weighted by Crippen LogP contribution is 2.67. The molecular weight excluding hydrogens is 322 g/mol. The van der Waals surface area contributed by atoms with Crippen LogP contribution in [0.3, 0.4) is 0 Å². The molecule has 0 unspecified atom stereocenters. The van der Waals surface area contributed by atoms with Crippen LogP contribution >= 0.6 is 0 Å². The van der Waals surface area contributed by atoms with Gasteiger partial charge in [0.2, 0.25) is 0 Å². The Labute approximate surface area is 144 Å². The van der Waals surface area contributed by atoms with Gasteiger partial charge in [0.25, 0.3) is 0 Å². The molecule has 0 aliphatic heterocycles. The lowest BCUT2D eigenvalue weighted by Crippen LogP contribution is -2.42. The first-order valence-corrected chi connectivity index (χ1v) is 8.34. The molecule has 2 atom stereocenters. The van der Waals surface area contributed by atoms with Gasteiger partial charge in [0.1, 0.15) is 11.6 Å². The second-order valence-electron chi connectivity index (χ2n) is 7.42. The van der Waals surface area contributed by atoms with Crippen molar-refractivity contribution in [2.75, 3.05) is 0 Å². The van der Waals surface area contributed by atoms with Crippen LogP contribution in [0, 0.1) is 17.0 Å². The van der Waals surface area contributed by atoms with Crippen molar-refractivity contribution in [3.05, 3.63) is 59.8 Å². The lowest BCUT2D eigenvalue weighted by Gasteiger charge is -2.35. The Balaban J connectivity index is 1.94. The summed E-state index contributed by atoms with van der Waals surface area (Å²) in [5.41, 5.74) is 0.426. The van der Waals surface area contributed by atoms with Gasteiger partial charge < -0.3 is 0 Å². The van der Waals surface area contributed by atoms with Crippen LogP contribution in [0.5, 0.6) is 0 Å². The van der Waals surface area contributed by atoms with Crippen molar-refractivity contribution >= 4 is 5.78 Å². The fraction of sp³-hybridized carbons (Fsp3) is 0.350. The van der Waals surface area contributed by atoms with E-state index in [1.807, 2.05) is 0 Å². The van der Waals surface area contributed by atoms with Crippen LogP contribution in [-0.4, -0.2) is 16.0 Å². The van der Waals surface area contributed by atoms with Gasteiger partial charge in [-0.3, -0.25) is 4.79 Å². The number of carbonyl (C=O) groups is 1. The highest BCUT2D eigenvalue weighted by atomic mass is 19.1. The quantitative estimate of drug-likeness (QED) is 0.781. The number of ketones is 1. The van der Waals surface area contributed by atoms with E-state index >= 15 is 0 Å². The maximum atomic E-state index is 14.1. The van der Waals surface area contributed by atoms with E-state index in [1.165, 1.54) is 24.3 Å². The van der Waals surface area contributed by atoms with Gasteiger partial charge in [-0.15, -0.1) is 5.10 Å². The Morgan fingerprint density at radius 3 is 2.60 bits per heavy atom. The summed E-state index contributed by atoms with van der Waals surface area (Å²) in [4.78, 5) is 12.7. The van der Waals surface area contributed by atoms with Crippen LogP contribution in [-0.2, 0) is 10.2 Å². The van der Waals surface area contributed by atoms with Crippen LogP contribution in [0.25, 0.3) is 11.3 Å². The van der Waals surface area contributed by atoms with Gasteiger partial charge in [-0.05, 0) is 54.0 Å². The number of hydrogen-bond donors (Lipinski definition) is 0. The van der Waals surface area contributed by atoms with Crippen LogP contribution < -0.4 is 0 Å². The summed E-state index contributed by atoms with van der Waals surface area (Å²) < 4.78 is 28.2. The number of carbonyl (C=O) groups excluding carboxylic acids is 1. The van der Waals surface area contributed by atoms with E-state index in [2.05, 4.69) is 30.6 Å². The fourth-order valence-electron chi connectivity index (χ4n) is 4.91. The van der Waals surface area contributed by atoms with E-state index in [0.29, 0.717) is 12.1 Å². The summed E-state index contributed by atoms with van der Waals surface area (Å²) in [6.45, 7) is 7.75. The molecule has 1 heterocycles. The van der Waals surface area contributed by atoms with Crippen molar-refractivity contribution in [1.29, 1.82) is 0 Å². The van der Waals surface area contributed by atoms with Crippen molar-refractivity contribution in [1.82, 2.24) is 10.2 Å². The molecule has 2 bridgehead atoms. The van der Waals surface area contributed by atoms with Crippen LogP contribution in [0.4, 0.5) is 8.78 Å². The van der Waals surface area contributed by atoms with Gasteiger partial charge in [-0.2, -0.15) is 5.10 Å². The van der Waals surface area contributed by atoms with E-state index < -0.39 is 17.0 Å². The number of benzene rings is 1. The maximum Gasteiger partial charge on any atom is 0.167 e. The molecule has 1 aromatic heterocycles. The number of aromatic nitrogens is 2. The molecule has 0 amide bonds. The van der Waals surface area contributed by atoms with E-state index in [-0.39, 0.29) is 28.4 Å². The van der Waals surface area contributed by atoms with Crippen molar-refractivity contribution in [2.24, 2.45) is 5.41 Å². The van der Waals surface area contributed by atoms with Gasteiger partial charge >= 0.3 is 0 Å². The van der Waals surface area contributed by atoms with Gasteiger partial charge in [-0.1, -0.05) is 26.5 Å². The number of nitrogens with zero attached hydrogens (tertiary/aromatic N) is 2. The highest BCUT2D eigenvalue weighted by Gasteiger charge is 2.66. The molecule has 1 fully saturated rings. The zero-order valence-electron chi connectivity index (χ0n) is 14.1. The molecule has 2 aromatic rings. The smallest absolute Gasteiger partial charge is 0.167 e. The zero-order chi connectivity index (χ0) is 18.0. The standard InChI is InChI=1S/C20H18F2N2O/c1-4-16(25)20-9-8-12(19(20,2)3)11-10-15(23-24-18(11)20)17-13(21)6-5-7-14(17)22/h4-7,10,12H,1,8-9H2,2-3H3/t12-,20-/m0/s1. The van der Waals surface area contributed by atoms with Crippen molar-refractivity contribution in [3.63, 3.8) is 0 Å². The third-order valence-electron chi connectivity index (χ3n) is 6.21. The number of hydrogen-bond acceptors (Lipinski definition) is 3. The first kappa shape index (κ1) is 16.1. The molecule has 0 spiro atoms. The third kappa shape index (κ3) is 1.81. The molecular formula is C20H18F2N2O. The second kappa shape index (κ2) is 5.04. The molecule has 1 aromatic carbocycles. The number of halogens is 2. The molecule has 0 saturated heterocycles. The van der Waals surface area contributed by atoms with Gasteiger partial charge in [0, 0.05) is 0 Å². The Morgan fingerprint density at radius 1 is 1.28 bits per heavy atom. The number of allylic oxidation sites excluding steroid dienone is 1. The molecule has 2 aliphatic carbocycles. The van der Waals surface area contributed by atoms with E-state index in [0.717, 1.165) is 12.0 Å². The van der Waals surface area contributed by atoms with Crippen LogP contribution in [0.2, 0.25) is 0 Å². The first-order chi connectivity index (χ1) is 11.8. The minimum Gasteiger partial charge on any atom is -0.294 e. The monoisotopic (exact) mass is 340 g/mol. The lowest BCUT2D eigenvalue weighted by atomic mass is 9.66. The minimum absolute atomic E-state index is 0.0575. The Morgan fingerprint density at radius 2 is 1.96 bits per heavy atom. The number of rotatable bonds is 3. The van der Waals surface area contributed by atoms with E-state index in [4.69, 9.17) is 0 Å². The molecule has 0 radical (unpaired) electrons. The van der Waals surface area contributed by atoms with Crippen molar-refractivity contribution in [2.45, 2.75) is 38.0 Å². The molecule has 5 heteroatoms.